The minimum absolute atomic E-state index is 0.116. The molecule has 178 valence electrons. The predicted octanol–water partition coefficient (Wildman–Crippen LogP) is 3.91. The fourth-order valence-corrected chi connectivity index (χ4v) is 3.79. The number of ether oxygens (including phenoxy) is 4. The normalized spacial score (nSPS) is 11.6. The summed E-state index contributed by atoms with van der Waals surface area (Å²) in [5.74, 6) is 0.861. The molecule has 9 heteroatoms. The molecule has 2 heterocycles. The van der Waals surface area contributed by atoms with Crippen LogP contribution < -0.4 is 9.47 Å². The van der Waals surface area contributed by atoms with E-state index in [-0.39, 0.29) is 6.61 Å². The van der Waals surface area contributed by atoms with Crippen molar-refractivity contribution in [2.75, 3.05) is 21.3 Å². The van der Waals surface area contributed by atoms with E-state index in [1.807, 2.05) is 65.1 Å². The summed E-state index contributed by atoms with van der Waals surface area (Å²) in [5.41, 5.74) is 2.98. The molecule has 0 aliphatic heterocycles. The van der Waals surface area contributed by atoms with Gasteiger partial charge in [0.05, 0.1) is 56.7 Å². The van der Waals surface area contributed by atoms with Gasteiger partial charge in [0.25, 0.3) is 0 Å². The van der Waals surface area contributed by atoms with E-state index in [0.717, 1.165) is 27.8 Å². The second kappa shape index (κ2) is 9.18. The number of benzene rings is 2. The number of carbonyl (C=O) groups is 1. The summed E-state index contributed by atoms with van der Waals surface area (Å²) in [7, 11) is 6.46. The van der Waals surface area contributed by atoms with Crippen molar-refractivity contribution in [3.8, 4) is 28.4 Å². The van der Waals surface area contributed by atoms with Crippen molar-refractivity contribution in [2.24, 2.45) is 7.05 Å². The molecule has 0 atom stereocenters. The Hall–Kier alpha value is -3.85. The zero-order valence-corrected chi connectivity index (χ0v) is 20.2. The Morgan fingerprint density at radius 3 is 2.38 bits per heavy atom. The summed E-state index contributed by atoms with van der Waals surface area (Å²) in [6.45, 7) is 3.45. The molecule has 0 amide bonds. The number of aryl methyl sites for hydroxylation is 1. The average molecular weight is 465 g/mol. The van der Waals surface area contributed by atoms with Gasteiger partial charge in [-0.1, -0.05) is 12.1 Å². The number of esters is 1. The van der Waals surface area contributed by atoms with E-state index in [0.29, 0.717) is 17.2 Å². The van der Waals surface area contributed by atoms with Crippen molar-refractivity contribution in [1.29, 1.82) is 0 Å². The second-order valence-corrected chi connectivity index (χ2v) is 8.31. The van der Waals surface area contributed by atoms with E-state index in [2.05, 4.69) is 5.10 Å². The summed E-state index contributed by atoms with van der Waals surface area (Å²) in [5, 5.41) is 10.2. The van der Waals surface area contributed by atoms with Crippen LogP contribution in [0.2, 0.25) is 0 Å². The van der Waals surface area contributed by atoms with Crippen LogP contribution in [0.4, 0.5) is 0 Å². The molecule has 4 rings (SSSR count). The van der Waals surface area contributed by atoms with E-state index in [9.17, 15) is 4.79 Å². The first-order valence-corrected chi connectivity index (χ1v) is 10.7. The first-order chi connectivity index (χ1) is 16.3. The Labute approximate surface area is 197 Å². The average Bonchev–Trinajstić information content (AvgIpc) is 3.45. The van der Waals surface area contributed by atoms with Crippen LogP contribution in [0.5, 0.6) is 11.5 Å². The fraction of sp³-hybridized carbons (Fsp3) is 0.320. The molecular formula is C25H28N4O5. The third kappa shape index (κ3) is 4.34. The molecule has 0 fully saturated rings. The van der Waals surface area contributed by atoms with Gasteiger partial charge in [-0.3, -0.25) is 4.68 Å². The van der Waals surface area contributed by atoms with Crippen LogP contribution >= 0.6 is 0 Å². The van der Waals surface area contributed by atoms with Crippen LogP contribution in [0.1, 0.15) is 19.5 Å². The van der Waals surface area contributed by atoms with Crippen LogP contribution in [-0.4, -0.2) is 52.5 Å². The topological polar surface area (TPSA) is 89.6 Å². The lowest BCUT2D eigenvalue weighted by Crippen LogP contribution is -2.35. The standard InChI is InChI=1S/C25H28N4O5/c1-25(2,24(30)33-6)34-15-18-12-22(17-10-19(31-4)13-20(11-17)32-5)29(27-18)21-9-7-8-16-14-26-28(3)23(16)21/h7-14H,15H2,1-6H3. The zero-order valence-electron chi connectivity index (χ0n) is 20.2. The monoisotopic (exact) mass is 464 g/mol. The van der Waals surface area contributed by atoms with Gasteiger partial charge in [-0.15, -0.1) is 0 Å². The Balaban J connectivity index is 1.86. The van der Waals surface area contributed by atoms with Crippen LogP contribution in [0.25, 0.3) is 27.8 Å². The Morgan fingerprint density at radius 2 is 1.74 bits per heavy atom. The Bertz CT molecular complexity index is 1320. The largest absolute Gasteiger partial charge is 0.497 e. The minimum Gasteiger partial charge on any atom is -0.497 e. The summed E-state index contributed by atoms with van der Waals surface area (Å²) in [6, 6.07) is 13.5. The van der Waals surface area contributed by atoms with E-state index >= 15 is 0 Å². The van der Waals surface area contributed by atoms with Gasteiger partial charge in [0.2, 0.25) is 0 Å². The van der Waals surface area contributed by atoms with Crippen LogP contribution in [-0.2, 0) is 27.9 Å². The van der Waals surface area contributed by atoms with Gasteiger partial charge in [0.1, 0.15) is 11.5 Å². The number of methoxy groups -OCH3 is 3. The lowest BCUT2D eigenvalue weighted by Gasteiger charge is -2.21. The van der Waals surface area contributed by atoms with Gasteiger partial charge in [-0.05, 0) is 38.1 Å². The smallest absolute Gasteiger partial charge is 0.337 e. The van der Waals surface area contributed by atoms with Crippen LogP contribution in [0.3, 0.4) is 0 Å². The molecule has 0 radical (unpaired) electrons. The molecule has 0 spiro atoms. The van der Waals surface area contributed by atoms with E-state index in [1.165, 1.54) is 7.11 Å². The van der Waals surface area contributed by atoms with E-state index in [4.69, 9.17) is 24.0 Å². The number of aromatic nitrogens is 4. The third-order valence-electron chi connectivity index (χ3n) is 5.63. The molecule has 9 nitrogen and oxygen atoms in total. The van der Waals surface area contributed by atoms with Crippen molar-refractivity contribution < 1.29 is 23.7 Å². The number of rotatable bonds is 8. The Kier molecular flexibility index (Phi) is 6.30. The summed E-state index contributed by atoms with van der Waals surface area (Å²) < 4.78 is 25.4. The number of hydrogen-bond donors (Lipinski definition) is 0. The van der Waals surface area contributed by atoms with Gasteiger partial charge < -0.3 is 18.9 Å². The number of nitrogens with zero attached hydrogens (tertiary/aromatic N) is 4. The molecule has 0 aliphatic carbocycles. The van der Waals surface area contributed by atoms with Crippen molar-refractivity contribution >= 4 is 16.9 Å². The molecule has 0 unspecified atom stereocenters. The highest BCUT2D eigenvalue weighted by Gasteiger charge is 2.30. The van der Waals surface area contributed by atoms with Gasteiger partial charge >= 0.3 is 5.97 Å². The number of fused-ring (bicyclic) bond motifs is 1. The quantitative estimate of drug-likeness (QED) is 0.365. The molecular weight excluding hydrogens is 436 g/mol. The maximum atomic E-state index is 12.1. The van der Waals surface area contributed by atoms with E-state index in [1.54, 1.807) is 28.1 Å². The SMILES string of the molecule is COC(=O)C(C)(C)OCc1cc(-c2cc(OC)cc(OC)c2)n(-c2cccc3cnn(C)c23)n1. The second-order valence-electron chi connectivity index (χ2n) is 8.31. The van der Waals surface area contributed by atoms with E-state index < -0.39 is 11.6 Å². The predicted molar refractivity (Wildman–Crippen MR) is 127 cm³/mol. The maximum Gasteiger partial charge on any atom is 0.337 e. The van der Waals surface area contributed by atoms with Crippen molar-refractivity contribution in [2.45, 2.75) is 26.1 Å². The summed E-state index contributed by atoms with van der Waals surface area (Å²) >= 11 is 0. The number of carbonyl (C=O) groups excluding carboxylic acids is 1. The molecule has 0 N–H and O–H groups in total. The molecule has 2 aromatic carbocycles. The maximum absolute atomic E-state index is 12.1. The molecule has 0 saturated carbocycles. The van der Waals surface area contributed by atoms with Gasteiger partial charge in [-0.2, -0.15) is 10.2 Å². The highest BCUT2D eigenvalue weighted by molar-refractivity contribution is 5.87. The molecule has 4 aromatic rings. The van der Waals surface area contributed by atoms with Crippen LogP contribution in [0.15, 0.2) is 48.7 Å². The zero-order chi connectivity index (χ0) is 24.5. The lowest BCUT2D eigenvalue weighted by atomic mass is 10.1. The minimum atomic E-state index is -1.11. The lowest BCUT2D eigenvalue weighted by molar-refractivity contribution is -0.166. The molecule has 0 aliphatic rings. The highest BCUT2D eigenvalue weighted by atomic mass is 16.6. The van der Waals surface area contributed by atoms with Crippen molar-refractivity contribution in [1.82, 2.24) is 19.6 Å². The van der Waals surface area contributed by atoms with Gasteiger partial charge in [-0.25, -0.2) is 9.48 Å². The summed E-state index contributed by atoms with van der Waals surface area (Å²) in [4.78, 5) is 12.1. The van der Waals surface area contributed by atoms with Crippen molar-refractivity contribution in [3.05, 3.63) is 54.4 Å². The fourth-order valence-electron chi connectivity index (χ4n) is 3.79. The molecule has 34 heavy (non-hydrogen) atoms. The molecule has 0 bridgehead atoms. The summed E-state index contributed by atoms with van der Waals surface area (Å²) in [6.07, 6.45) is 1.82. The third-order valence-corrected chi connectivity index (χ3v) is 5.63. The van der Waals surface area contributed by atoms with Crippen LogP contribution in [0, 0.1) is 0 Å². The van der Waals surface area contributed by atoms with Gasteiger partial charge in [0, 0.05) is 24.1 Å². The first kappa shape index (κ1) is 23.3. The number of para-hydroxylation sites is 1. The Morgan fingerprint density at radius 1 is 1.03 bits per heavy atom. The number of hydrogen-bond acceptors (Lipinski definition) is 7. The highest BCUT2D eigenvalue weighted by Crippen LogP contribution is 2.33. The van der Waals surface area contributed by atoms with Crippen molar-refractivity contribution in [3.63, 3.8) is 0 Å². The molecule has 2 aromatic heterocycles. The first-order valence-electron chi connectivity index (χ1n) is 10.7. The molecule has 0 saturated heterocycles. The van der Waals surface area contributed by atoms with Gasteiger partial charge in [0.15, 0.2) is 5.60 Å².